The molecule has 0 aliphatic heterocycles. The number of thioether (sulfide) groups is 1. The molecule has 1 aromatic rings. The molecule has 0 saturated carbocycles. The maximum absolute atomic E-state index is 3.47. The van der Waals surface area contributed by atoms with Gasteiger partial charge in [0.15, 0.2) is 0 Å². The molecule has 1 atom stereocenters. The Morgan fingerprint density at radius 3 is 2.50 bits per heavy atom. The third-order valence-electron chi connectivity index (χ3n) is 3.76. The molecule has 1 aromatic carbocycles. The van der Waals surface area contributed by atoms with Gasteiger partial charge in [-0.15, -0.1) is 0 Å². The number of rotatable bonds is 8. The first-order valence-electron chi connectivity index (χ1n) is 7.50. The lowest BCUT2D eigenvalue weighted by Gasteiger charge is -2.28. The zero-order chi connectivity index (χ0) is 15.1. The summed E-state index contributed by atoms with van der Waals surface area (Å²) in [6.45, 7) is 9.84. The van der Waals surface area contributed by atoms with E-state index in [1.54, 1.807) is 0 Å². The maximum atomic E-state index is 3.47. The van der Waals surface area contributed by atoms with E-state index in [9.17, 15) is 0 Å². The highest BCUT2D eigenvalue weighted by molar-refractivity contribution is 7.98. The second kappa shape index (κ2) is 8.58. The molecule has 0 saturated heterocycles. The molecule has 0 spiro atoms. The molecule has 1 rings (SSSR count). The van der Waals surface area contributed by atoms with Gasteiger partial charge in [-0.05, 0) is 49.5 Å². The van der Waals surface area contributed by atoms with Crippen LogP contribution in [0.4, 0.5) is 5.69 Å². The van der Waals surface area contributed by atoms with E-state index in [2.05, 4.69) is 69.4 Å². The van der Waals surface area contributed by atoms with E-state index in [1.165, 1.54) is 29.0 Å². The third-order valence-corrected chi connectivity index (χ3v) is 4.40. The molecule has 0 aromatic heterocycles. The Morgan fingerprint density at radius 1 is 1.25 bits per heavy atom. The Balaban J connectivity index is 2.71. The lowest BCUT2D eigenvalue weighted by atomic mass is 10.1. The molecule has 0 radical (unpaired) electrons. The summed E-state index contributed by atoms with van der Waals surface area (Å²) in [6.07, 6.45) is 3.41. The molecule has 0 fully saturated rings. The van der Waals surface area contributed by atoms with Gasteiger partial charge in [0.2, 0.25) is 0 Å². The average molecular weight is 295 g/mol. The van der Waals surface area contributed by atoms with Crippen molar-refractivity contribution in [1.82, 2.24) is 5.32 Å². The Hall–Kier alpha value is -0.670. The van der Waals surface area contributed by atoms with E-state index in [0.29, 0.717) is 12.1 Å². The Kier molecular flexibility index (Phi) is 7.46. The largest absolute Gasteiger partial charge is 0.372 e. The molecular formula is C17H30N2S. The van der Waals surface area contributed by atoms with Crippen molar-refractivity contribution in [1.29, 1.82) is 0 Å². The lowest BCUT2D eigenvalue weighted by molar-refractivity contribution is 0.588. The Labute approximate surface area is 129 Å². The third kappa shape index (κ3) is 5.37. The number of hydrogen-bond donors (Lipinski definition) is 1. The lowest BCUT2D eigenvalue weighted by Crippen LogP contribution is -2.30. The van der Waals surface area contributed by atoms with Crippen molar-refractivity contribution in [3.63, 3.8) is 0 Å². The van der Waals surface area contributed by atoms with Crippen molar-refractivity contribution in [2.45, 2.75) is 52.7 Å². The fraction of sp³-hybridized carbons (Fsp3) is 0.647. The Morgan fingerprint density at radius 2 is 1.95 bits per heavy atom. The molecular weight excluding hydrogens is 264 g/mol. The van der Waals surface area contributed by atoms with Crippen LogP contribution >= 0.6 is 11.8 Å². The molecule has 0 amide bonds. The van der Waals surface area contributed by atoms with Crippen LogP contribution in [0.1, 0.15) is 38.3 Å². The minimum atomic E-state index is 0.532. The van der Waals surface area contributed by atoms with Gasteiger partial charge in [-0.3, -0.25) is 0 Å². The fourth-order valence-electron chi connectivity index (χ4n) is 2.26. The molecule has 1 unspecified atom stereocenters. The van der Waals surface area contributed by atoms with Crippen molar-refractivity contribution >= 4 is 17.4 Å². The van der Waals surface area contributed by atoms with Gasteiger partial charge in [0, 0.05) is 31.4 Å². The van der Waals surface area contributed by atoms with Crippen molar-refractivity contribution in [3.8, 4) is 0 Å². The summed E-state index contributed by atoms with van der Waals surface area (Å²) in [5, 5.41) is 3.47. The summed E-state index contributed by atoms with van der Waals surface area (Å²) >= 11 is 1.92. The van der Waals surface area contributed by atoms with Gasteiger partial charge in [0.25, 0.3) is 0 Å². The smallest absolute Gasteiger partial charge is 0.0395 e. The summed E-state index contributed by atoms with van der Waals surface area (Å²) in [7, 11) is 2.21. The second-order valence-electron chi connectivity index (χ2n) is 5.90. The van der Waals surface area contributed by atoms with Crippen LogP contribution in [0.3, 0.4) is 0 Å². The summed E-state index contributed by atoms with van der Waals surface area (Å²) in [5.41, 5.74) is 4.09. The van der Waals surface area contributed by atoms with Gasteiger partial charge in [-0.2, -0.15) is 11.8 Å². The minimum Gasteiger partial charge on any atom is -0.372 e. The molecule has 1 N–H and O–H groups in total. The van der Waals surface area contributed by atoms with Gasteiger partial charge in [-0.1, -0.05) is 26.0 Å². The van der Waals surface area contributed by atoms with Gasteiger partial charge < -0.3 is 10.2 Å². The summed E-state index contributed by atoms with van der Waals surface area (Å²) in [6, 6.07) is 7.94. The maximum Gasteiger partial charge on any atom is 0.0395 e. The molecule has 20 heavy (non-hydrogen) atoms. The van der Waals surface area contributed by atoms with Crippen LogP contribution in [0.5, 0.6) is 0 Å². The number of nitrogens with one attached hydrogen (secondary N) is 1. The normalized spacial score (nSPS) is 12.8. The van der Waals surface area contributed by atoms with Crippen molar-refractivity contribution in [3.05, 3.63) is 29.3 Å². The molecule has 2 nitrogen and oxygen atoms in total. The predicted molar refractivity (Wildman–Crippen MR) is 94.0 cm³/mol. The molecule has 0 heterocycles. The van der Waals surface area contributed by atoms with E-state index >= 15 is 0 Å². The van der Waals surface area contributed by atoms with Gasteiger partial charge in [-0.25, -0.2) is 0 Å². The van der Waals surface area contributed by atoms with Gasteiger partial charge >= 0.3 is 0 Å². The van der Waals surface area contributed by atoms with Crippen molar-refractivity contribution < 1.29 is 0 Å². The van der Waals surface area contributed by atoms with Crippen molar-refractivity contribution in [2.24, 2.45) is 0 Å². The monoisotopic (exact) mass is 294 g/mol. The molecule has 0 bridgehead atoms. The van der Waals surface area contributed by atoms with Crippen LogP contribution in [0, 0.1) is 6.92 Å². The van der Waals surface area contributed by atoms with E-state index in [4.69, 9.17) is 0 Å². The first-order chi connectivity index (χ1) is 9.45. The molecule has 0 aliphatic rings. The number of aryl methyl sites for hydroxylation is 1. The van der Waals surface area contributed by atoms with E-state index < -0.39 is 0 Å². The number of benzene rings is 1. The van der Waals surface area contributed by atoms with E-state index in [1.807, 2.05) is 11.8 Å². The van der Waals surface area contributed by atoms with Gasteiger partial charge in [0.1, 0.15) is 0 Å². The zero-order valence-electron chi connectivity index (χ0n) is 13.9. The first-order valence-corrected chi connectivity index (χ1v) is 8.89. The predicted octanol–water partition coefficient (Wildman–Crippen LogP) is 4.07. The minimum absolute atomic E-state index is 0.532. The average Bonchev–Trinajstić information content (AvgIpc) is 2.41. The van der Waals surface area contributed by atoms with Crippen LogP contribution in [0.15, 0.2) is 18.2 Å². The first kappa shape index (κ1) is 17.4. The highest BCUT2D eigenvalue weighted by Gasteiger charge is 2.12. The quantitative estimate of drug-likeness (QED) is 0.778. The van der Waals surface area contributed by atoms with Crippen molar-refractivity contribution in [2.75, 3.05) is 24.0 Å². The summed E-state index contributed by atoms with van der Waals surface area (Å²) in [5.74, 6) is 1.22. The highest BCUT2D eigenvalue weighted by atomic mass is 32.2. The highest BCUT2D eigenvalue weighted by Crippen LogP contribution is 2.23. The summed E-state index contributed by atoms with van der Waals surface area (Å²) in [4.78, 5) is 2.41. The number of anilines is 1. The number of hydrogen-bond acceptors (Lipinski definition) is 3. The van der Waals surface area contributed by atoms with E-state index in [0.717, 1.165) is 6.54 Å². The van der Waals surface area contributed by atoms with E-state index in [-0.39, 0.29) is 0 Å². The SMILES string of the molecule is CSCCC(C)N(C)c1ccc(CNC(C)C)cc1C. The van der Waals surface area contributed by atoms with Crippen LogP contribution < -0.4 is 10.2 Å². The second-order valence-corrected chi connectivity index (χ2v) is 6.88. The van der Waals surface area contributed by atoms with Gasteiger partial charge in [0.05, 0.1) is 0 Å². The fourth-order valence-corrected chi connectivity index (χ4v) is 2.84. The van der Waals surface area contributed by atoms with Crippen LogP contribution in [-0.2, 0) is 6.54 Å². The summed E-state index contributed by atoms with van der Waals surface area (Å²) < 4.78 is 0. The van der Waals surface area contributed by atoms with Crippen LogP contribution in [0.25, 0.3) is 0 Å². The Bertz CT molecular complexity index is 404. The molecule has 0 aliphatic carbocycles. The molecule has 3 heteroatoms. The number of nitrogens with zero attached hydrogens (tertiary/aromatic N) is 1. The zero-order valence-corrected chi connectivity index (χ0v) is 14.7. The standard InChI is InChI=1S/C17H30N2S/c1-13(2)18-12-16-7-8-17(14(3)11-16)19(5)15(4)9-10-20-6/h7-8,11,13,15,18H,9-10,12H2,1-6H3. The topological polar surface area (TPSA) is 15.3 Å². The molecule has 114 valence electrons. The van der Waals surface area contributed by atoms with Crippen LogP contribution in [-0.4, -0.2) is 31.1 Å². The van der Waals surface area contributed by atoms with Crippen LogP contribution in [0.2, 0.25) is 0 Å².